The maximum atomic E-state index is 14.7. The number of nitrogens with one attached hydrogen (secondary N) is 1. The van der Waals surface area contributed by atoms with Crippen LogP contribution in [-0.4, -0.2) is 43.8 Å². The molecule has 0 aromatic heterocycles. The highest BCUT2D eigenvalue weighted by molar-refractivity contribution is 7.92. The summed E-state index contributed by atoms with van der Waals surface area (Å²) in [5.41, 5.74) is 4.87. The van der Waals surface area contributed by atoms with Crippen molar-refractivity contribution in [2.45, 2.75) is 76.4 Å². The second kappa shape index (κ2) is 15.2. The van der Waals surface area contributed by atoms with Crippen molar-refractivity contribution in [2.75, 3.05) is 10.8 Å². The zero-order valence-electron chi connectivity index (χ0n) is 27.2. The van der Waals surface area contributed by atoms with Crippen LogP contribution in [0.2, 0.25) is 5.02 Å². The van der Waals surface area contributed by atoms with Crippen molar-refractivity contribution in [1.82, 2.24) is 10.2 Å². The largest absolute Gasteiger partial charge is 0.352 e. The van der Waals surface area contributed by atoms with E-state index in [0.717, 1.165) is 57.8 Å². The van der Waals surface area contributed by atoms with Gasteiger partial charge >= 0.3 is 0 Å². The summed E-state index contributed by atoms with van der Waals surface area (Å²) in [4.78, 5) is 30.4. The van der Waals surface area contributed by atoms with Crippen LogP contribution in [0.4, 0.5) is 5.69 Å². The Labute approximate surface area is 283 Å². The SMILES string of the molecule is Cc1ccc(S(=O)(=O)N(CC(=O)N(Cc2ccc(Cl)cc2)C(Cc2ccccc2)C(=O)NC2CCCC2)c2ccc(C)c(C)c2)cc1. The number of sulfonamides is 1. The molecule has 0 radical (unpaired) electrons. The van der Waals surface area contributed by atoms with Gasteiger partial charge < -0.3 is 10.2 Å². The second-order valence-electron chi connectivity index (χ2n) is 12.4. The summed E-state index contributed by atoms with van der Waals surface area (Å²) in [5.74, 6) is -0.737. The highest BCUT2D eigenvalue weighted by Crippen LogP contribution is 2.28. The normalized spacial score (nSPS) is 14.0. The molecule has 5 rings (SSSR count). The van der Waals surface area contributed by atoms with Crippen molar-refractivity contribution >= 4 is 39.1 Å². The molecule has 1 unspecified atom stereocenters. The van der Waals surface area contributed by atoms with E-state index < -0.39 is 28.5 Å². The van der Waals surface area contributed by atoms with Crippen molar-refractivity contribution in [2.24, 2.45) is 0 Å². The topological polar surface area (TPSA) is 86.8 Å². The molecule has 0 saturated heterocycles. The Morgan fingerprint density at radius 2 is 1.49 bits per heavy atom. The number of halogens is 1. The van der Waals surface area contributed by atoms with Crippen molar-refractivity contribution in [3.63, 3.8) is 0 Å². The lowest BCUT2D eigenvalue weighted by molar-refractivity contribution is -0.140. The van der Waals surface area contributed by atoms with Crippen LogP contribution in [0.5, 0.6) is 0 Å². The molecule has 1 atom stereocenters. The molecule has 0 spiro atoms. The minimum Gasteiger partial charge on any atom is -0.352 e. The third-order valence-electron chi connectivity index (χ3n) is 8.91. The predicted octanol–water partition coefficient (Wildman–Crippen LogP) is 7.16. The number of anilines is 1. The van der Waals surface area contributed by atoms with Gasteiger partial charge in [-0.1, -0.05) is 90.7 Å². The van der Waals surface area contributed by atoms with Crippen LogP contribution in [0, 0.1) is 20.8 Å². The zero-order chi connectivity index (χ0) is 33.6. The lowest BCUT2D eigenvalue weighted by Gasteiger charge is -2.34. The fraction of sp³-hybridized carbons (Fsp3) is 0.316. The first-order chi connectivity index (χ1) is 22.5. The Morgan fingerprint density at radius 3 is 2.13 bits per heavy atom. The van der Waals surface area contributed by atoms with Gasteiger partial charge in [0.15, 0.2) is 0 Å². The van der Waals surface area contributed by atoms with Crippen LogP contribution in [0.1, 0.15) is 53.5 Å². The molecule has 1 aliphatic carbocycles. The van der Waals surface area contributed by atoms with Gasteiger partial charge in [-0.2, -0.15) is 0 Å². The minimum atomic E-state index is -4.16. The number of rotatable bonds is 12. The third kappa shape index (κ3) is 8.62. The van der Waals surface area contributed by atoms with Crippen LogP contribution in [-0.2, 0) is 32.6 Å². The molecule has 0 heterocycles. The number of benzene rings is 4. The van der Waals surface area contributed by atoms with E-state index in [2.05, 4.69) is 5.32 Å². The molecule has 0 bridgehead atoms. The lowest BCUT2D eigenvalue weighted by Crippen LogP contribution is -2.54. The number of hydrogen-bond donors (Lipinski definition) is 1. The van der Waals surface area contributed by atoms with Crippen LogP contribution in [0.25, 0.3) is 0 Å². The van der Waals surface area contributed by atoms with Gasteiger partial charge in [0.25, 0.3) is 10.0 Å². The first-order valence-corrected chi connectivity index (χ1v) is 17.9. The van der Waals surface area contributed by atoms with Gasteiger partial charge in [-0.25, -0.2) is 8.42 Å². The van der Waals surface area contributed by atoms with Gasteiger partial charge in [0.05, 0.1) is 10.6 Å². The van der Waals surface area contributed by atoms with E-state index in [1.54, 1.807) is 48.5 Å². The number of carbonyl (C=O) groups excluding carboxylic acids is 2. The molecule has 4 aromatic carbocycles. The molecule has 7 nitrogen and oxygen atoms in total. The van der Waals surface area contributed by atoms with E-state index in [4.69, 9.17) is 11.6 Å². The molecule has 1 aliphatic rings. The van der Waals surface area contributed by atoms with Gasteiger partial charge in [0.1, 0.15) is 12.6 Å². The Hall–Kier alpha value is -4.14. The van der Waals surface area contributed by atoms with E-state index >= 15 is 0 Å². The van der Waals surface area contributed by atoms with Crippen LogP contribution in [0.3, 0.4) is 0 Å². The summed E-state index contributed by atoms with van der Waals surface area (Å²) in [6.07, 6.45) is 4.15. The van der Waals surface area contributed by atoms with Crippen molar-refractivity contribution < 1.29 is 18.0 Å². The fourth-order valence-corrected chi connectivity index (χ4v) is 7.49. The summed E-state index contributed by atoms with van der Waals surface area (Å²) in [6, 6.07) is 27.8. The van der Waals surface area contributed by atoms with Crippen LogP contribution in [0.15, 0.2) is 102 Å². The van der Waals surface area contributed by atoms with Gasteiger partial charge in [-0.05, 0) is 92.3 Å². The summed E-state index contributed by atoms with van der Waals surface area (Å²) in [6.45, 7) is 5.35. The summed E-state index contributed by atoms with van der Waals surface area (Å²) < 4.78 is 29.7. The molecule has 0 aliphatic heterocycles. The van der Waals surface area contributed by atoms with Crippen LogP contribution >= 0.6 is 11.6 Å². The van der Waals surface area contributed by atoms with E-state index in [0.29, 0.717) is 10.7 Å². The molecule has 9 heteroatoms. The smallest absolute Gasteiger partial charge is 0.264 e. The Kier molecular flexibility index (Phi) is 11.0. The van der Waals surface area contributed by atoms with E-state index in [1.807, 2.05) is 69.3 Å². The van der Waals surface area contributed by atoms with E-state index in [-0.39, 0.29) is 29.8 Å². The van der Waals surface area contributed by atoms with Gasteiger partial charge in [0.2, 0.25) is 11.8 Å². The molecule has 246 valence electrons. The first kappa shape index (κ1) is 34.2. The van der Waals surface area contributed by atoms with Crippen molar-refractivity contribution in [3.05, 3.63) is 130 Å². The minimum absolute atomic E-state index is 0.0437. The second-order valence-corrected chi connectivity index (χ2v) is 14.7. The quantitative estimate of drug-likeness (QED) is 0.173. The van der Waals surface area contributed by atoms with E-state index in [1.165, 1.54) is 4.90 Å². The first-order valence-electron chi connectivity index (χ1n) is 16.1. The zero-order valence-corrected chi connectivity index (χ0v) is 28.7. The monoisotopic (exact) mass is 671 g/mol. The number of amides is 2. The number of carbonyl (C=O) groups is 2. The summed E-state index contributed by atoms with van der Waals surface area (Å²) in [5, 5.41) is 3.76. The van der Waals surface area contributed by atoms with E-state index in [9.17, 15) is 18.0 Å². The maximum Gasteiger partial charge on any atom is 0.264 e. The van der Waals surface area contributed by atoms with Gasteiger partial charge in [-0.15, -0.1) is 0 Å². The Bertz CT molecular complexity index is 1790. The highest BCUT2D eigenvalue weighted by atomic mass is 35.5. The highest BCUT2D eigenvalue weighted by Gasteiger charge is 2.35. The fourth-order valence-electron chi connectivity index (χ4n) is 5.95. The number of nitrogens with zero attached hydrogens (tertiary/aromatic N) is 2. The standard InChI is InChI=1S/C38H42ClN3O4S/c1-27-13-21-35(22-14-27)47(45,46)42(34-20-15-28(2)29(3)23-34)26-37(43)41(25-31-16-18-32(39)19-17-31)36(24-30-9-5-4-6-10-30)38(44)40-33-11-7-8-12-33/h4-6,9-10,13-23,33,36H,7-8,11-12,24-26H2,1-3H3,(H,40,44). The molecular formula is C38H42ClN3O4S. The molecule has 1 fully saturated rings. The summed E-state index contributed by atoms with van der Waals surface area (Å²) in [7, 11) is -4.16. The number of aryl methyl sites for hydroxylation is 3. The molecular weight excluding hydrogens is 630 g/mol. The van der Waals surface area contributed by atoms with Gasteiger partial charge in [0, 0.05) is 24.0 Å². The maximum absolute atomic E-state index is 14.7. The molecule has 4 aromatic rings. The Balaban J connectivity index is 1.57. The molecule has 1 saturated carbocycles. The predicted molar refractivity (Wildman–Crippen MR) is 188 cm³/mol. The molecule has 47 heavy (non-hydrogen) atoms. The molecule has 1 N–H and O–H groups in total. The van der Waals surface area contributed by atoms with Crippen molar-refractivity contribution in [1.29, 1.82) is 0 Å². The Morgan fingerprint density at radius 1 is 0.830 bits per heavy atom. The van der Waals surface area contributed by atoms with Crippen LogP contribution < -0.4 is 9.62 Å². The molecule has 2 amide bonds. The lowest BCUT2D eigenvalue weighted by atomic mass is 10.0. The number of hydrogen-bond acceptors (Lipinski definition) is 4. The third-order valence-corrected chi connectivity index (χ3v) is 10.9. The summed E-state index contributed by atoms with van der Waals surface area (Å²) >= 11 is 6.19. The van der Waals surface area contributed by atoms with Crippen molar-refractivity contribution in [3.8, 4) is 0 Å². The average Bonchev–Trinajstić information content (AvgIpc) is 3.57. The van der Waals surface area contributed by atoms with Gasteiger partial charge in [-0.3, -0.25) is 13.9 Å². The average molecular weight is 672 g/mol.